The van der Waals surface area contributed by atoms with Crippen molar-refractivity contribution in [1.29, 1.82) is 5.41 Å². The topological polar surface area (TPSA) is 117 Å². The van der Waals surface area contributed by atoms with Gasteiger partial charge in [-0.2, -0.15) is 4.99 Å². The lowest BCUT2D eigenvalue weighted by atomic mass is 10.2. The molecule has 0 saturated carbocycles. The summed E-state index contributed by atoms with van der Waals surface area (Å²) in [4.78, 5) is 5.74. The zero-order valence-corrected chi connectivity index (χ0v) is 12.6. The van der Waals surface area contributed by atoms with Gasteiger partial charge in [-0.25, -0.2) is 0 Å². The van der Waals surface area contributed by atoms with Gasteiger partial charge in [-0.05, 0) is 38.1 Å². The second-order valence-corrected chi connectivity index (χ2v) is 5.56. The molecule has 0 amide bonds. The van der Waals surface area contributed by atoms with Crippen molar-refractivity contribution < 1.29 is 0 Å². The van der Waals surface area contributed by atoms with E-state index in [2.05, 4.69) is 15.2 Å². The third-order valence-corrected chi connectivity index (χ3v) is 3.61. The summed E-state index contributed by atoms with van der Waals surface area (Å²) in [6.07, 6.45) is 1.32. The van der Waals surface area contributed by atoms with Crippen molar-refractivity contribution in [3.63, 3.8) is 0 Å². The molecule has 110 valence electrons. The third kappa shape index (κ3) is 3.54. The van der Waals surface area contributed by atoms with Crippen molar-refractivity contribution in [2.75, 3.05) is 4.90 Å². The molecule has 0 spiro atoms. The van der Waals surface area contributed by atoms with Crippen LogP contribution >= 0.6 is 11.3 Å². The SMILES string of the molecule is CC(C)N(C=N)c1ccc(-c2nnc(N=C(N)N)s2)cc1. The molecular weight excluding hydrogens is 286 g/mol. The van der Waals surface area contributed by atoms with E-state index in [0.717, 1.165) is 16.3 Å². The summed E-state index contributed by atoms with van der Waals surface area (Å²) >= 11 is 1.31. The van der Waals surface area contributed by atoms with Crippen molar-refractivity contribution in [2.45, 2.75) is 19.9 Å². The molecule has 0 bridgehead atoms. The van der Waals surface area contributed by atoms with Crippen LogP contribution in [0, 0.1) is 5.41 Å². The summed E-state index contributed by atoms with van der Waals surface area (Å²) in [5.74, 6) is -0.0355. The summed E-state index contributed by atoms with van der Waals surface area (Å²) in [6.45, 7) is 4.07. The molecule has 0 atom stereocenters. The number of nitrogens with zero attached hydrogens (tertiary/aromatic N) is 4. The Balaban J connectivity index is 2.24. The van der Waals surface area contributed by atoms with Gasteiger partial charge in [-0.1, -0.05) is 11.3 Å². The van der Waals surface area contributed by atoms with Crippen LogP contribution in [0.4, 0.5) is 10.8 Å². The fraction of sp³-hybridized carbons (Fsp3) is 0.231. The molecule has 0 saturated heterocycles. The fourth-order valence-corrected chi connectivity index (χ4v) is 2.53. The molecule has 21 heavy (non-hydrogen) atoms. The van der Waals surface area contributed by atoms with E-state index >= 15 is 0 Å². The van der Waals surface area contributed by atoms with Crippen LogP contribution < -0.4 is 16.4 Å². The molecule has 0 aliphatic rings. The number of aliphatic imine (C=N–C) groups is 1. The molecule has 0 aliphatic carbocycles. The number of hydrogen-bond acceptors (Lipinski definition) is 5. The van der Waals surface area contributed by atoms with Crippen LogP contribution in [-0.4, -0.2) is 28.5 Å². The van der Waals surface area contributed by atoms with Gasteiger partial charge < -0.3 is 16.4 Å². The highest BCUT2D eigenvalue weighted by Gasteiger charge is 2.10. The predicted molar refractivity (Wildman–Crippen MR) is 87.2 cm³/mol. The number of benzene rings is 1. The number of hydrogen-bond donors (Lipinski definition) is 3. The Kier molecular flexibility index (Phi) is 4.49. The molecule has 0 aliphatic heterocycles. The van der Waals surface area contributed by atoms with E-state index in [1.807, 2.05) is 43.0 Å². The number of anilines is 1. The molecule has 0 fully saturated rings. The number of guanidine groups is 1. The van der Waals surface area contributed by atoms with Crippen LogP contribution in [0.15, 0.2) is 29.3 Å². The molecule has 5 N–H and O–H groups in total. The molecule has 2 aromatic rings. The van der Waals surface area contributed by atoms with Gasteiger partial charge in [0.15, 0.2) is 5.96 Å². The van der Waals surface area contributed by atoms with Crippen molar-refractivity contribution in [3.8, 4) is 10.6 Å². The lowest BCUT2D eigenvalue weighted by molar-refractivity contribution is 0.813. The minimum Gasteiger partial charge on any atom is -0.370 e. The average molecular weight is 303 g/mol. The summed E-state index contributed by atoms with van der Waals surface area (Å²) in [5.41, 5.74) is 12.5. The van der Waals surface area contributed by atoms with Crippen LogP contribution in [-0.2, 0) is 0 Å². The first-order chi connectivity index (χ1) is 10.0. The second kappa shape index (κ2) is 6.31. The molecule has 8 heteroatoms. The van der Waals surface area contributed by atoms with Gasteiger partial charge in [0.05, 0.1) is 6.34 Å². The van der Waals surface area contributed by atoms with E-state index in [4.69, 9.17) is 16.9 Å². The van der Waals surface area contributed by atoms with Crippen molar-refractivity contribution in [3.05, 3.63) is 24.3 Å². The summed E-state index contributed by atoms with van der Waals surface area (Å²) in [7, 11) is 0. The summed E-state index contributed by atoms with van der Waals surface area (Å²) in [5, 5.41) is 16.6. The van der Waals surface area contributed by atoms with Crippen molar-refractivity contribution in [1.82, 2.24) is 10.2 Å². The van der Waals surface area contributed by atoms with Crippen LogP contribution in [0.3, 0.4) is 0 Å². The number of aromatic nitrogens is 2. The highest BCUT2D eigenvalue weighted by Crippen LogP contribution is 2.29. The maximum Gasteiger partial charge on any atom is 0.235 e. The lowest BCUT2D eigenvalue weighted by Crippen LogP contribution is -2.28. The second-order valence-electron chi connectivity index (χ2n) is 4.60. The lowest BCUT2D eigenvalue weighted by Gasteiger charge is -2.23. The van der Waals surface area contributed by atoms with Gasteiger partial charge in [-0.15, -0.1) is 10.2 Å². The van der Waals surface area contributed by atoms with Crippen LogP contribution in [0.5, 0.6) is 0 Å². The fourth-order valence-electron chi connectivity index (χ4n) is 1.79. The molecule has 0 radical (unpaired) electrons. The Morgan fingerprint density at radius 3 is 2.48 bits per heavy atom. The van der Waals surface area contributed by atoms with Gasteiger partial charge in [-0.3, -0.25) is 5.41 Å². The van der Waals surface area contributed by atoms with E-state index in [9.17, 15) is 0 Å². The first-order valence-electron chi connectivity index (χ1n) is 6.33. The third-order valence-electron chi connectivity index (χ3n) is 2.75. The maximum absolute atomic E-state index is 7.46. The van der Waals surface area contributed by atoms with Crippen molar-refractivity contribution >= 4 is 34.5 Å². The van der Waals surface area contributed by atoms with Gasteiger partial charge in [0.2, 0.25) is 5.13 Å². The normalized spacial score (nSPS) is 10.4. The first-order valence-corrected chi connectivity index (χ1v) is 7.15. The Bertz CT molecular complexity index is 641. The molecule has 1 aromatic carbocycles. The van der Waals surface area contributed by atoms with Gasteiger partial charge in [0.25, 0.3) is 0 Å². The zero-order chi connectivity index (χ0) is 15.4. The largest absolute Gasteiger partial charge is 0.370 e. The minimum atomic E-state index is -0.0355. The van der Waals surface area contributed by atoms with E-state index < -0.39 is 0 Å². The molecule has 7 nitrogen and oxygen atoms in total. The molecule has 1 heterocycles. The quantitative estimate of drug-likeness (QED) is 0.576. The number of nitrogens with one attached hydrogen (secondary N) is 1. The molecule has 1 aromatic heterocycles. The van der Waals surface area contributed by atoms with Gasteiger partial charge in [0.1, 0.15) is 5.01 Å². The summed E-state index contributed by atoms with van der Waals surface area (Å²) in [6, 6.07) is 8.00. The Morgan fingerprint density at radius 2 is 1.95 bits per heavy atom. The van der Waals surface area contributed by atoms with Crippen LogP contribution in [0.2, 0.25) is 0 Å². The highest BCUT2D eigenvalue weighted by molar-refractivity contribution is 7.18. The van der Waals surface area contributed by atoms with E-state index in [1.165, 1.54) is 17.7 Å². The van der Waals surface area contributed by atoms with E-state index in [-0.39, 0.29) is 12.0 Å². The van der Waals surface area contributed by atoms with Crippen LogP contribution in [0.1, 0.15) is 13.8 Å². The number of nitrogens with two attached hydrogens (primary N) is 2. The minimum absolute atomic E-state index is 0.0355. The average Bonchev–Trinajstić information content (AvgIpc) is 2.87. The zero-order valence-electron chi connectivity index (χ0n) is 11.8. The monoisotopic (exact) mass is 303 g/mol. The molecule has 0 unspecified atom stereocenters. The summed E-state index contributed by atoms with van der Waals surface area (Å²) < 4.78 is 0. The number of rotatable bonds is 5. The smallest absolute Gasteiger partial charge is 0.235 e. The van der Waals surface area contributed by atoms with Gasteiger partial charge in [0, 0.05) is 17.3 Å². The Hall–Kier alpha value is -2.48. The van der Waals surface area contributed by atoms with Crippen LogP contribution in [0.25, 0.3) is 10.6 Å². The Labute approximate surface area is 126 Å². The Morgan fingerprint density at radius 1 is 1.29 bits per heavy atom. The first kappa shape index (κ1) is 14.9. The van der Waals surface area contributed by atoms with Gasteiger partial charge >= 0.3 is 0 Å². The standard InChI is InChI=1S/C13H17N7S/c1-8(2)20(7-14)10-5-3-9(4-6-10)11-18-19-13(21-11)17-12(15)16/h3-8,14H,1-2H3,(H4,15,16,17,19). The highest BCUT2D eigenvalue weighted by atomic mass is 32.1. The predicted octanol–water partition coefficient (Wildman–Crippen LogP) is 1.93. The molecular formula is C13H17N7S. The maximum atomic E-state index is 7.46. The van der Waals surface area contributed by atoms with Crippen molar-refractivity contribution in [2.24, 2.45) is 16.5 Å². The molecule has 2 rings (SSSR count). The van der Waals surface area contributed by atoms with E-state index in [1.54, 1.807) is 0 Å². The van der Waals surface area contributed by atoms with E-state index in [0.29, 0.717) is 5.13 Å².